The van der Waals surface area contributed by atoms with Crippen LogP contribution in [0.1, 0.15) is 0 Å². The normalized spacial score (nSPS) is 10.2. The highest BCUT2D eigenvalue weighted by atomic mass is 35.5. The minimum absolute atomic E-state index is 0.00397. The van der Waals surface area contributed by atoms with Crippen LogP contribution in [0.3, 0.4) is 0 Å². The molecule has 0 aliphatic rings. The van der Waals surface area contributed by atoms with Gasteiger partial charge in [-0.15, -0.1) is 0 Å². The third-order valence-electron chi connectivity index (χ3n) is 2.20. The summed E-state index contributed by atoms with van der Waals surface area (Å²) in [6.07, 6.45) is 1.28. The number of nitro groups is 1. The van der Waals surface area contributed by atoms with E-state index in [4.69, 9.17) is 16.3 Å². The van der Waals surface area contributed by atoms with Gasteiger partial charge in [-0.25, -0.2) is 9.97 Å². The molecule has 6 nitrogen and oxygen atoms in total. The van der Waals surface area contributed by atoms with E-state index in [0.717, 1.165) is 11.8 Å². The molecule has 0 saturated heterocycles. The molecule has 1 heterocycles. The molecule has 98 valence electrons. The van der Waals surface area contributed by atoms with Crippen LogP contribution in [0, 0.1) is 10.1 Å². The molecule has 0 N–H and O–H groups in total. The number of para-hydroxylation sites is 1. The van der Waals surface area contributed by atoms with Gasteiger partial charge in [-0.1, -0.05) is 35.5 Å². The lowest BCUT2D eigenvalue weighted by atomic mass is 10.3. The van der Waals surface area contributed by atoms with Crippen molar-refractivity contribution < 1.29 is 9.66 Å². The van der Waals surface area contributed by atoms with Gasteiger partial charge in [0.15, 0.2) is 10.9 Å². The summed E-state index contributed by atoms with van der Waals surface area (Å²) in [6, 6.07) is 6.38. The molecule has 0 aliphatic heterocycles. The topological polar surface area (TPSA) is 78.2 Å². The van der Waals surface area contributed by atoms with Gasteiger partial charge in [0.2, 0.25) is 0 Å². The third kappa shape index (κ3) is 2.94. The summed E-state index contributed by atoms with van der Waals surface area (Å²) in [7, 11) is 1.44. The standard InChI is InChI=1S/C11H8ClN3O3S/c1-18-9-10(12)13-6-14-11(9)19-8-5-3-2-4-7(8)15(16)17/h2-6H,1H3. The van der Waals surface area contributed by atoms with Crippen LogP contribution < -0.4 is 4.74 Å². The van der Waals surface area contributed by atoms with Gasteiger partial charge in [0, 0.05) is 6.07 Å². The molecular formula is C11H8ClN3O3S. The smallest absolute Gasteiger partial charge is 0.283 e. The first-order valence-electron chi connectivity index (χ1n) is 5.09. The van der Waals surface area contributed by atoms with E-state index in [1.807, 2.05) is 0 Å². The molecule has 0 unspecified atom stereocenters. The van der Waals surface area contributed by atoms with Crippen molar-refractivity contribution in [1.29, 1.82) is 0 Å². The molecule has 0 spiro atoms. The monoisotopic (exact) mass is 297 g/mol. The van der Waals surface area contributed by atoms with Crippen molar-refractivity contribution in [2.75, 3.05) is 7.11 Å². The van der Waals surface area contributed by atoms with Crippen LogP contribution in [0.25, 0.3) is 0 Å². The lowest BCUT2D eigenvalue weighted by Gasteiger charge is -2.07. The molecule has 0 radical (unpaired) electrons. The number of benzene rings is 1. The summed E-state index contributed by atoms with van der Waals surface area (Å²) < 4.78 is 5.10. The van der Waals surface area contributed by atoms with Gasteiger partial charge in [-0.2, -0.15) is 0 Å². The lowest BCUT2D eigenvalue weighted by Crippen LogP contribution is -1.94. The number of hydrogen-bond acceptors (Lipinski definition) is 6. The second-order valence-corrected chi connectivity index (χ2v) is 4.72. The molecule has 2 rings (SSSR count). The summed E-state index contributed by atoms with van der Waals surface area (Å²) in [5, 5.41) is 11.5. The predicted octanol–water partition coefficient (Wildman–Crippen LogP) is 3.20. The fourth-order valence-corrected chi connectivity index (χ4v) is 2.62. The zero-order chi connectivity index (χ0) is 13.8. The number of ether oxygens (including phenoxy) is 1. The Kier molecular flexibility index (Phi) is 4.18. The maximum Gasteiger partial charge on any atom is 0.283 e. The van der Waals surface area contributed by atoms with E-state index >= 15 is 0 Å². The summed E-state index contributed by atoms with van der Waals surface area (Å²) >= 11 is 6.98. The van der Waals surface area contributed by atoms with Gasteiger partial charge in [-0.3, -0.25) is 10.1 Å². The fourth-order valence-electron chi connectivity index (χ4n) is 1.38. The molecule has 1 aromatic heterocycles. The Labute approximate surface area is 117 Å². The summed E-state index contributed by atoms with van der Waals surface area (Å²) in [4.78, 5) is 18.8. The number of hydrogen-bond donors (Lipinski definition) is 0. The molecule has 0 bridgehead atoms. The van der Waals surface area contributed by atoms with Crippen LogP contribution in [-0.4, -0.2) is 22.0 Å². The minimum Gasteiger partial charge on any atom is -0.491 e. The van der Waals surface area contributed by atoms with Crippen molar-refractivity contribution in [3.63, 3.8) is 0 Å². The van der Waals surface area contributed by atoms with Gasteiger partial charge < -0.3 is 4.74 Å². The van der Waals surface area contributed by atoms with Crippen molar-refractivity contribution in [3.8, 4) is 5.75 Å². The SMILES string of the molecule is COc1c(Cl)ncnc1Sc1ccccc1[N+](=O)[O-]. The first-order chi connectivity index (χ1) is 9.13. The fraction of sp³-hybridized carbons (Fsp3) is 0.0909. The van der Waals surface area contributed by atoms with Gasteiger partial charge >= 0.3 is 0 Å². The largest absolute Gasteiger partial charge is 0.491 e. The van der Waals surface area contributed by atoms with Crippen molar-refractivity contribution in [1.82, 2.24) is 9.97 Å². The Morgan fingerprint density at radius 2 is 2.11 bits per heavy atom. The second-order valence-electron chi connectivity index (χ2n) is 3.33. The van der Waals surface area contributed by atoms with E-state index < -0.39 is 4.92 Å². The van der Waals surface area contributed by atoms with Gasteiger partial charge in [-0.05, 0) is 6.07 Å². The maximum absolute atomic E-state index is 10.9. The Morgan fingerprint density at radius 3 is 2.79 bits per heavy atom. The Morgan fingerprint density at radius 1 is 1.37 bits per heavy atom. The Balaban J connectivity index is 2.42. The molecule has 0 aliphatic carbocycles. The molecular weight excluding hydrogens is 290 g/mol. The van der Waals surface area contributed by atoms with E-state index in [1.54, 1.807) is 18.2 Å². The number of nitro benzene ring substituents is 1. The van der Waals surface area contributed by atoms with E-state index in [2.05, 4.69) is 9.97 Å². The second kappa shape index (κ2) is 5.85. The van der Waals surface area contributed by atoms with Gasteiger partial charge in [0.05, 0.1) is 16.9 Å². The van der Waals surface area contributed by atoms with Crippen LogP contribution in [0.15, 0.2) is 40.5 Å². The zero-order valence-corrected chi connectivity index (χ0v) is 11.3. The molecule has 8 heteroatoms. The van der Waals surface area contributed by atoms with Crippen molar-refractivity contribution in [2.45, 2.75) is 9.92 Å². The Hall–Kier alpha value is -1.86. The van der Waals surface area contributed by atoms with Gasteiger partial charge in [0.1, 0.15) is 11.4 Å². The molecule has 0 saturated carbocycles. The average Bonchev–Trinajstić information content (AvgIpc) is 2.39. The quantitative estimate of drug-likeness (QED) is 0.490. The van der Waals surface area contributed by atoms with Crippen LogP contribution in [0.2, 0.25) is 5.15 Å². The van der Waals surface area contributed by atoms with Crippen LogP contribution in [0.4, 0.5) is 5.69 Å². The van der Waals surface area contributed by atoms with E-state index in [0.29, 0.717) is 15.7 Å². The first-order valence-corrected chi connectivity index (χ1v) is 6.28. The molecule has 1 aromatic carbocycles. The highest BCUT2D eigenvalue weighted by Crippen LogP contribution is 2.39. The molecule has 0 amide bonds. The number of aromatic nitrogens is 2. The van der Waals surface area contributed by atoms with E-state index in [-0.39, 0.29) is 10.8 Å². The van der Waals surface area contributed by atoms with Crippen LogP contribution >= 0.6 is 23.4 Å². The molecule has 0 atom stereocenters. The van der Waals surface area contributed by atoms with Crippen molar-refractivity contribution >= 4 is 29.1 Å². The predicted molar refractivity (Wildman–Crippen MR) is 70.8 cm³/mol. The van der Waals surface area contributed by atoms with Crippen LogP contribution in [-0.2, 0) is 0 Å². The lowest BCUT2D eigenvalue weighted by molar-refractivity contribution is -0.387. The third-order valence-corrected chi connectivity index (χ3v) is 3.52. The molecule has 2 aromatic rings. The maximum atomic E-state index is 10.9. The van der Waals surface area contributed by atoms with Crippen molar-refractivity contribution in [3.05, 3.63) is 45.9 Å². The summed E-state index contributed by atoms with van der Waals surface area (Å²) in [5.74, 6) is 0.298. The first kappa shape index (κ1) is 13.6. The highest BCUT2D eigenvalue weighted by molar-refractivity contribution is 7.99. The number of rotatable bonds is 4. The van der Waals surface area contributed by atoms with Crippen molar-refractivity contribution in [2.24, 2.45) is 0 Å². The Bertz CT molecular complexity index is 624. The molecule has 19 heavy (non-hydrogen) atoms. The summed E-state index contributed by atoms with van der Waals surface area (Å²) in [5.41, 5.74) is 0.00397. The zero-order valence-electron chi connectivity index (χ0n) is 9.74. The van der Waals surface area contributed by atoms with E-state index in [1.165, 1.54) is 19.5 Å². The van der Waals surface area contributed by atoms with E-state index in [9.17, 15) is 10.1 Å². The average molecular weight is 298 g/mol. The molecule has 0 fully saturated rings. The highest BCUT2D eigenvalue weighted by Gasteiger charge is 2.18. The minimum atomic E-state index is -0.447. The van der Waals surface area contributed by atoms with Crippen LogP contribution in [0.5, 0.6) is 5.75 Å². The van der Waals surface area contributed by atoms with Gasteiger partial charge in [0.25, 0.3) is 5.69 Å². The number of halogens is 1. The number of methoxy groups -OCH3 is 1. The number of nitrogens with zero attached hydrogens (tertiary/aromatic N) is 3. The summed E-state index contributed by atoms with van der Waals surface area (Å²) in [6.45, 7) is 0.